The van der Waals surface area contributed by atoms with Crippen LogP contribution in [0, 0.1) is 0 Å². The standard InChI is InChI=1S/C16H15F3OS/c1-2-8-21-13-5-3-4-11(9-13)14-10-12(16(17,18)19)6-7-15(14)20/h3-7,9-10,20H,2,8H2,1H3. The van der Waals surface area contributed by atoms with E-state index in [-0.39, 0.29) is 11.3 Å². The lowest BCUT2D eigenvalue weighted by Crippen LogP contribution is -2.04. The first-order chi connectivity index (χ1) is 9.91. The van der Waals surface area contributed by atoms with Gasteiger partial charge in [0.2, 0.25) is 0 Å². The number of phenols is 1. The molecular weight excluding hydrogens is 297 g/mol. The van der Waals surface area contributed by atoms with Crippen LogP contribution in [0.25, 0.3) is 11.1 Å². The summed E-state index contributed by atoms with van der Waals surface area (Å²) in [5.41, 5.74) is 0.0189. The minimum absolute atomic E-state index is 0.152. The van der Waals surface area contributed by atoms with Crippen LogP contribution in [0.5, 0.6) is 5.75 Å². The molecule has 112 valence electrons. The van der Waals surface area contributed by atoms with Gasteiger partial charge in [0, 0.05) is 10.5 Å². The van der Waals surface area contributed by atoms with Crippen molar-refractivity contribution in [3.8, 4) is 16.9 Å². The number of hydrogen-bond acceptors (Lipinski definition) is 2. The average molecular weight is 312 g/mol. The average Bonchev–Trinajstić information content (AvgIpc) is 2.44. The Morgan fingerprint density at radius 2 is 1.86 bits per heavy atom. The second kappa shape index (κ2) is 6.43. The van der Waals surface area contributed by atoms with Crippen LogP contribution in [-0.4, -0.2) is 10.9 Å². The molecule has 5 heteroatoms. The molecule has 0 aromatic heterocycles. The quantitative estimate of drug-likeness (QED) is 0.744. The first-order valence-electron chi connectivity index (χ1n) is 6.55. The van der Waals surface area contributed by atoms with Crippen LogP contribution in [0.2, 0.25) is 0 Å². The van der Waals surface area contributed by atoms with E-state index in [2.05, 4.69) is 6.92 Å². The summed E-state index contributed by atoms with van der Waals surface area (Å²) in [6.07, 6.45) is -3.40. The fourth-order valence-electron chi connectivity index (χ4n) is 1.92. The lowest BCUT2D eigenvalue weighted by Gasteiger charge is -2.11. The Bertz CT molecular complexity index is 623. The topological polar surface area (TPSA) is 20.2 Å². The van der Waals surface area contributed by atoms with Gasteiger partial charge < -0.3 is 5.11 Å². The van der Waals surface area contributed by atoms with Crippen molar-refractivity contribution in [1.82, 2.24) is 0 Å². The highest BCUT2D eigenvalue weighted by atomic mass is 32.2. The van der Waals surface area contributed by atoms with Crippen molar-refractivity contribution in [2.45, 2.75) is 24.4 Å². The van der Waals surface area contributed by atoms with Gasteiger partial charge in [0.1, 0.15) is 5.75 Å². The van der Waals surface area contributed by atoms with Gasteiger partial charge in [-0.1, -0.05) is 19.1 Å². The summed E-state index contributed by atoms with van der Waals surface area (Å²) < 4.78 is 38.3. The molecule has 0 amide bonds. The van der Waals surface area contributed by atoms with Crippen molar-refractivity contribution in [1.29, 1.82) is 0 Å². The van der Waals surface area contributed by atoms with Crippen molar-refractivity contribution in [2.24, 2.45) is 0 Å². The molecule has 1 N–H and O–H groups in total. The molecular formula is C16H15F3OS. The van der Waals surface area contributed by atoms with E-state index >= 15 is 0 Å². The van der Waals surface area contributed by atoms with E-state index in [1.165, 1.54) is 0 Å². The molecule has 2 rings (SSSR count). The van der Waals surface area contributed by atoms with Crippen LogP contribution in [-0.2, 0) is 6.18 Å². The van der Waals surface area contributed by atoms with Crippen molar-refractivity contribution >= 4 is 11.8 Å². The number of halogens is 3. The molecule has 0 bridgehead atoms. The maximum absolute atomic E-state index is 12.8. The monoisotopic (exact) mass is 312 g/mol. The Hall–Kier alpha value is -1.62. The lowest BCUT2D eigenvalue weighted by atomic mass is 10.0. The van der Waals surface area contributed by atoms with E-state index in [0.29, 0.717) is 5.56 Å². The third-order valence-corrected chi connectivity index (χ3v) is 4.14. The predicted octanol–water partition coefficient (Wildman–Crippen LogP) is 5.58. The van der Waals surface area contributed by atoms with E-state index in [4.69, 9.17) is 0 Å². The molecule has 0 aliphatic carbocycles. The molecule has 0 fully saturated rings. The molecule has 2 aromatic rings. The van der Waals surface area contributed by atoms with Gasteiger partial charge in [0.15, 0.2) is 0 Å². The zero-order valence-electron chi connectivity index (χ0n) is 11.4. The Kier molecular flexibility index (Phi) is 4.83. The van der Waals surface area contributed by atoms with E-state index in [1.807, 2.05) is 6.07 Å². The van der Waals surface area contributed by atoms with Crippen LogP contribution in [0.3, 0.4) is 0 Å². The second-order valence-electron chi connectivity index (χ2n) is 4.61. The maximum atomic E-state index is 12.8. The first kappa shape index (κ1) is 15.8. The summed E-state index contributed by atoms with van der Waals surface area (Å²) in [5.74, 6) is 0.790. The zero-order valence-corrected chi connectivity index (χ0v) is 12.3. The van der Waals surface area contributed by atoms with Crippen molar-refractivity contribution in [3.05, 3.63) is 48.0 Å². The highest BCUT2D eigenvalue weighted by Gasteiger charge is 2.31. The summed E-state index contributed by atoms with van der Waals surface area (Å²) in [5, 5.41) is 9.85. The number of aromatic hydroxyl groups is 1. The number of thioether (sulfide) groups is 1. The Morgan fingerprint density at radius 1 is 1.10 bits per heavy atom. The first-order valence-corrected chi connectivity index (χ1v) is 7.54. The van der Waals surface area contributed by atoms with Crippen molar-refractivity contribution < 1.29 is 18.3 Å². The van der Waals surface area contributed by atoms with Gasteiger partial charge in [0.25, 0.3) is 0 Å². The third kappa shape index (κ3) is 3.94. The fraction of sp³-hybridized carbons (Fsp3) is 0.250. The molecule has 0 atom stereocenters. The predicted molar refractivity (Wildman–Crippen MR) is 79.6 cm³/mol. The SMILES string of the molecule is CCCSc1cccc(-c2cc(C(F)(F)F)ccc2O)c1. The van der Waals surface area contributed by atoms with Gasteiger partial charge in [-0.05, 0) is 48.1 Å². The summed E-state index contributed by atoms with van der Waals surface area (Å²) in [7, 11) is 0. The molecule has 0 saturated heterocycles. The molecule has 0 heterocycles. The lowest BCUT2D eigenvalue weighted by molar-refractivity contribution is -0.137. The van der Waals surface area contributed by atoms with Gasteiger partial charge in [-0.3, -0.25) is 0 Å². The van der Waals surface area contributed by atoms with Crippen molar-refractivity contribution in [3.63, 3.8) is 0 Å². The van der Waals surface area contributed by atoms with E-state index < -0.39 is 11.7 Å². The number of hydrogen-bond donors (Lipinski definition) is 1. The molecule has 0 unspecified atom stereocenters. The highest BCUT2D eigenvalue weighted by molar-refractivity contribution is 7.99. The Labute approximate surface area is 125 Å². The molecule has 1 nitrogen and oxygen atoms in total. The van der Waals surface area contributed by atoms with E-state index in [1.54, 1.807) is 30.0 Å². The number of phenolic OH excluding ortho intramolecular Hbond substituents is 1. The van der Waals surface area contributed by atoms with E-state index in [9.17, 15) is 18.3 Å². The van der Waals surface area contributed by atoms with Crippen LogP contribution >= 0.6 is 11.8 Å². The number of rotatable bonds is 4. The molecule has 21 heavy (non-hydrogen) atoms. The number of benzene rings is 2. The van der Waals surface area contributed by atoms with Gasteiger partial charge in [0.05, 0.1) is 5.56 Å². The minimum atomic E-state index is -4.42. The third-order valence-electron chi connectivity index (χ3n) is 2.94. The van der Waals surface area contributed by atoms with Crippen LogP contribution < -0.4 is 0 Å². The van der Waals surface area contributed by atoms with Crippen LogP contribution in [0.15, 0.2) is 47.4 Å². The minimum Gasteiger partial charge on any atom is -0.507 e. The van der Waals surface area contributed by atoms with Gasteiger partial charge >= 0.3 is 6.18 Å². The van der Waals surface area contributed by atoms with Gasteiger partial charge in [-0.15, -0.1) is 11.8 Å². The molecule has 0 aliphatic heterocycles. The van der Waals surface area contributed by atoms with Crippen LogP contribution in [0.1, 0.15) is 18.9 Å². The van der Waals surface area contributed by atoms with Gasteiger partial charge in [-0.2, -0.15) is 13.2 Å². The molecule has 0 aliphatic rings. The maximum Gasteiger partial charge on any atom is 0.416 e. The zero-order chi connectivity index (χ0) is 15.5. The normalized spacial score (nSPS) is 11.6. The summed E-state index contributed by atoms with van der Waals surface area (Å²) in [6, 6.07) is 10.2. The Balaban J connectivity index is 2.41. The summed E-state index contributed by atoms with van der Waals surface area (Å²) in [4.78, 5) is 0.978. The van der Waals surface area contributed by atoms with E-state index in [0.717, 1.165) is 35.3 Å². The fourth-order valence-corrected chi connectivity index (χ4v) is 2.74. The molecule has 2 aromatic carbocycles. The molecule has 0 spiro atoms. The summed E-state index contributed by atoms with van der Waals surface area (Å²) in [6.45, 7) is 2.06. The number of alkyl halides is 3. The van der Waals surface area contributed by atoms with Crippen LogP contribution in [0.4, 0.5) is 13.2 Å². The molecule has 0 saturated carbocycles. The Morgan fingerprint density at radius 3 is 2.52 bits per heavy atom. The highest BCUT2D eigenvalue weighted by Crippen LogP contribution is 2.37. The van der Waals surface area contributed by atoms with Crippen molar-refractivity contribution in [2.75, 3.05) is 5.75 Å². The second-order valence-corrected chi connectivity index (χ2v) is 5.77. The van der Waals surface area contributed by atoms with Gasteiger partial charge in [-0.25, -0.2) is 0 Å². The summed E-state index contributed by atoms with van der Waals surface area (Å²) >= 11 is 1.64. The largest absolute Gasteiger partial charge is 0.507 e. The smallest absolute Gasteiger partial charge is 0.416 e. The molecule has 0 radical (unpaired) electrons.